The normalized spacial score (nSPS) is 19.5. The van der Waals surface area contributed by atoms with Crippen LogP contribution in [-0.2, 0) is 11.3 Å². The number of oxazole rings is 1. The average Bonchev–Trinajstić information content (AvgIpc) is 3.12. The second kappa shape index (κ2) is 6.73. The van der Waals surface area contributed by atoms with Crippen molar-refractivity contribution < 1.29 is 13.9 Å². The summed E-state index contributed by atoms with van der Waals surface area (Å²) in [6.45, 7) is 6.55. The first-order valence-electron chi connectivity index (χ1n) is 7.45. The lowest BCUT2D eigenvalue weighted by Gasteiger charge is -2.34. The van der Waals surface area contributed by atoms with E-state index in [1.165, 1.54) is 11.3 Å². The predicted octanol–water partition coefficient (Wildman–Crippen LogP) is 2.83. The largest absolute Gasteiger partial charge is 0.444 e. The molecule has 1 aliphatic rings. The molecule has 1 aliphatic heterocycles. The Labute approximate surface area is 133 Å². The average molecular weight is 320 g/mol. The minimum absolute atomic E-state index is 0.0795. The van der Waals surface area contributed by atoms with Gasteiger partial charge in [-0.25, -0.2) is 4.98 Å². The van der Waals surface area contributed by atoms with Crippen molar-refractivity contribution in [3.63, 3.8) is 0 Å². The molecule has 1 saturated heterocycles. The fourth-order valence-corrected chi connectivity index (χ4v) is 3.29. The van der Waals surface area contributed by atoms with Gasteiger partial charge in [-0.15, -0.1) is 11.3 Å². The van der Waals surface area contributed by atoms with Gasteiger partial charge in [0.2, 0.25) is 5.89 Å². The first-order valence-corrected chi connectivity index (χ1v) is 8.33. The minimum atomic E-state index is 0.0795. The number of aromatic nitrogens is 1. The van der Waals surface area contributed by atoms with Crippen LogP contribution in [0.1, 0.15) is 33.4 Å². The molecule has 2 aromatic heterocycles. The summed E-state index contributed by atoms with van der Waals surface area (Å²) in [5, 5.41) is 1.93. The van der Waals surface area contributed by atoms with Crippen molar-refractivity contribution in [2.75, 3.05) is 19.8 Å². The summed E-state index contributed by atoms with van der Waals surface area (Å²) in [5.74, 6) is 1.75. The van der Waals surface area contributed by atoms with Gasteiger partial charge in [0, 0.05) is 19.0 Å². The third-order valence-electron chi connectivity index (χ3n) is 3.98. The zero-order chi connectivity index (χ0) is 15.5. The van der Waals surface area contributed by atoms with Crippen LogP contribution < -0.4 is 0 Å². The number of carbonyl (C=O) groups is 1. The summed E-state index contributed by atoms with van der Waals surface area (Å²) in [6, 6.07) is 3.86. The second-order valence-corrected chi connectivity index (χ2v) is 6.50. The van der Waals surface area contributed by atoms with Crippen LogP contribution in [0.15, 0.2) is 21.9 Å². The van der Waals surface area contributed by atoms with E-state index < -0.39 is 0 Å². The van der Waals surface area contributed by atoms with E-state index in [1.54, 1.807) is 0 Å². The van der Waals surface area contributed by atoms with Gasteiger partial charge >= 0.3 is 0 Å². The highest BCUT2D eigenvalue weighted by molar-refractivity contribution is 7.12. The molecule has 1 atom stereocenters. The Morgan fingerprint density at radius 3 is 3.05 bits per heavy atom. The highest BCUT2D eigenvalue weighted by atomic mass is 32.1. The van der Waals surface area contributed by atoms with Crippen LogP contribution in [0, 0.1) is 13.8 Å². The number of rotatable bonds is 5. The molecule has 0 bridgehead atoms. The summed E-state index contributed by atoms with van der Waals surface area (Å²) in [5.41, 5.74) is 0.925. The molecule has 22 heavy (non-hydrogen) atoms. The van der Waals surface area contributed by atoms with Crippen LogP contribution in [0.25, 0.3) is 0 Å². The maximum Gasteiger partial charge on any atom is 0.208 e. The summed E-state index contributed by atoms with van der Waals surface area (Å²) in [4.78, 5) is 19.8. The Bertz CT molecular complexity index is 616. The van der Waals surface area contributed by atoms with Crippen LogP contribution in [0.2, 0.25) is 0 Å². The molecular weight excluding hydrogens is 300 g/mol. The van der Waals surface area contributed by atoms with Crippen molar-refractivity contribution in [1.82, 2.24) is 9.88 Å². The molecule has 1 fully saturated rings. The molecule has 6 heteroatoms. The zero-order valence-corrected chi connectivity index (χ0v) is 13.7. The standard InChI is InChI=1S/C16H20N2O3S/c1-11-12(2)21-16(17-11)9-18-5-6-20-10-13(18)8-14(19)15-4-3-7-22-15/h3-4,7,13H,5-6,8-10H2,1-2H3. The van der Waals surface area contributed by atoms with Gasteiger partial charge in [-0.1, -0.05) is 6.07 Å². The highest BCUT2D eigenvalue weighted by Crippen LogP contribution is 2.20. The van der Waals surface area contributed by atoms with Crippen molar-refractivity contribution in [1.29, 1.82) is 0 Å². The third kappa shape index (κ3) is 3.45. The fourth-order valence-electron chi connectivity index (χ4n) is 2.62. The maximum atomic E-state index is 12.3. The van der Waals surface area contributed by atoms with E-state index in [9.17, 15) is 4.79 Å². The summed E-state index contributed by atoms with van der Waals surface area (Å²) in [6.07, 6.45) is 0.471. The number of hydrogen-bond acceptors (Lipinski definition) is 6. The lowest BCUT2D eigenvalue weighted by molar-refractivity contribution is -0.0159. The van der Waals surface area contributed by atoms with Gasteiger partial charge in [-0.3, -0.25) is 9.69 Å². The summed E-state index contributed by atoms with van der Waals surface area (Å²) >= 11 is 1.49. The number of aryl methyl sites for hydroxylation is 2. The van der Waals surface area contributed by atoms with Gasteiger partial charge in [-0.05, 0) is 25.3 Å². The maximum absolute atomic E-state index is 12.3. The van der Waals surface area contributed by atoms with Gasteiger partial charge < -0.3 is 9.15 Å². The molecule has 3 rings (SSSR count). The number of Topliss-reactive ketones (excluding diaryl/α,β-unsaturated/α-hetero) is 1. The van der Waals surface area contributed by atoms with E-state index in [4.69, 9.17) is 9.15 Å². The SMILES string of the molecule is Cc1nc(CN2CCOCC2CC(=O)c2cccs2)oc1C. The molecule has 0 saturated carbocycles. The molecule has 3 heterocycles. The van der Waals surface area contributed by atoms with Crippen LogP contribution >= 0.6 is 11.3 Å². The summed E-state index contributed by atoms with van der Waals surface area (Å²) < 4.78 is 11.2. The molecule has 0 radical (unpaired) electrons. The molecule has 0 amide bonds. The first kappa shape index (κ1) is 15.4. The van der Waals surface area contributed by atoms with Crippen LogP contribution in [0.3, 0.4) is 0 Å². The van der Waals surface area contributed by atoms with E-state index in [0.717, 1.165) is 22.9 Å². The topological polar surface area (TPSA) is 55.6 Å². The van der Waals surface area contributed by atoms with Gasteiger partial charge in [0.15, 0.2) is 5.78 Å². The Balaban J connectivity index is 1.67. The van der Waals surface area contributed by atoms with E-state index in [0.29, 0.717) is 32.1 Å². The van der Waals surface area contributed by atoms with Crippen molar-refractivity contribution in [2.45, 2.75) is 32.9 Å². The molecule has 2 aromatic rings. The van der Waals surface area contributed by atoms with E-state index in [2.05, 4.69) is 9.88 Å². The molecule has 5 nitrogen and oxygen atoms in total. The van der Waals surface area contributed by atoms with Gasteiger partial charge in [0.05, 0.1) is 30.3 Å². The van der Waals surface area contributed by atoms with Gasteiger partial charge in [0.25, 0.3) is 0 Å². The van der Waals surface area contributed by atoms with Crippen LogP contribution in [-0.4, -0.2) is 41.5 Å². The lowest BCUT2D eigenvalue weighted by atomic mass is 10.1. The zero-order valence-electron chi connectivity index (χ0n) is 12.9. The Hall–Kier alpha value is -1.50. The minimum Gasteiger partial charge on any atom is -0.444 e. The van der Waals surface area contributed by atoms with Gasteiger partial charge in [-0.2, -0.15) is 0 Å². The quantitative estimate of drug-likeness (QED) is 0.793. The third-order valence-corrected chi connectivity index (χ3v) is 4.89. The molecule has 0 aromatic carbocycles. The Kier molecular flexibility index (Phi) is 4.71. The molecular formula is C16H20N2O3S. The highest BCUT2D eigenvalue weighted by Gasteiger charge is 2.27. The van der Waals surface area contributed by atoms with E-state index >= 15 is 0 Å². The number of nitrogens with zero attached hydrogens (tertiary/aromatic N) is 2. The summed E-state index contributed by atoms with van der Waals surface area (Å²) in [7, 11) is 0. The Morgan fingerprint density at radius 2 is 2.36 bits per heavy atom. The van der Waals surface area contributed by atoms with Crippen molar-refractivity contribution >= 4 is 17.1 Å². The van der Waals surface area contributed by atoms with E-state index in [1.807, 2.05) is 31.4 Å². The monoisotopic (exact) mass is 320 g/mol. The lowest BCUT2D eigenvalue weighted by Crippen LogP contribution is -2.45. The van der Waals surface area contributed by atoms with Crippen molar-refractivity contribution in [2.24, 2.45) is 0 Å². The number of thiophene rings is 1. The molecule has 0 N–H and O–H groups in total. The van der Waals surface area contributed by atoms with Crippen molar-refractivity contribution in [3.8, 4) is 0 Å². The molecule has 0 aliphatic carbocycles. The Morgan fingerprint density at radius 1 is 1.50 bits per heavy atom. The second-order valence-electron chi connectivity index (χ2n) is 5.55. The number of ether oxygens (including phenoxy) is 1. The smallest absolute Gasteiger partial charge is 0.208 e. The number of morpholine rings is 1. The van der Waals surface area contributed by atoms with Crippen LogP contribution in [0.5, 0.6) is 0 Å². The molecule has 118 valence electrons. The fraction of sp³-hybridized carbons (Fsp3) is 0.500. The number of carbonyl (C=O) groups excluding carboxylic acids is 1. The van der Waals surface area contributed by atoms with Crippen LogP contribution in [0.4, 0.5) is 0 Å². The molecule has 0 spiro atoms. The predicted molar refractivity (Wildman–Crippen MR) is 84.3 cm³/mol. The first-order chi connectivity index (χ1) is 10.6. The number of ketones is 1. The van der Waals surface area contributed by atoms with E-state index in [-0.39, 0.29) is 11.8 Å². The molecule has 1 unspecified atom stereocenters. The van der Waals surface area contributed by atoms with Crippen molar-refractivity contribution in [3.05, 3.63) is 39.7 Å². The van der Waals surface area contributed by atoms with Gasteiger partial charge in [0.1, 0.15) is 5.76 Å². The number of hydrogen-bond donors (Lipinski definition) is 0.